The lowest BCUT2D eigenvalue weighted by Crippen LogP contribution is -2.49. The number of tetrazole rings is 1. The Balaban J connectivity index is 1.46. The first kappa shape index (κ1) is 20.4. The molecule has 2 saturated carbocycles. The number of thioether (sulfide) groups is 1. The number of nitrogens with zero attached hydrogens (tertiary/aromatic N) is 5. The average molecular weight is 414 g/mol. The molecule has 29 heavy (non-hydrogen) atoms. The molecule has 0 radical (unpaired) electrons. The van der Waals surface area contributed by atoms with E-state index in [2.05, 4.69) is 39.5 Å². The van der Waals surface area contributed by atoms with Gasteiger partial charge in [0.2, 0.25) is 11.1 Å². The molecule has 6 nitrogen and oxygen atoms in total. The predicted molar refractivity (Wildman–Crippen MR) is 115 cm³/mol. The quantitative estimate of drug-likeness (QED) is 0.650. The number of amides is 1. The molecule has 1 aromatic carbocycles. The molecule has 0 aliphatic heterocycles. The fourth-order valence-corrected chi connectivity index (χ4v) is 5.58. The van der Waals surface area contributed by atoms with E-state index in [1.54, 1.807) is 4.68 Å². The standard InChI is InChI=1S/C22H31N5OS/c1-17-9-8-14-20(15-17)27-22(23-24-25-27)29-16-21(28)26(18-10-4-2-5-11-18)19-12-6-3-7-13-19/h8-9,14-15,18-19H,2-7,10-13,16H2,1H3. The van der Waals surface area contributed by atoms with Gasteiger partial charge in [0.05, 0.1) is 11.4 Å². The number of carbonyl (C=O) groups excluding carboxylic acids is 1. The maximum absolute atomic E-state index is 13.4. The minimum atomic E-state index is 0.257. The van der Waals surface area contributed by atoms with Crippen LogP contribution in [0.5, 0.6) is 0 Å². The van der Waals surface area contributed by atoms with Crippen LogP contribution in [0.25, 0.3) is 5.69 Å². The van der Waals surface area contributed by atoms with Crippen LogP contribution in [0.15, 0.2) is 29.4 Å². The predicted octanol–water partition coefficient (Wildman–Crippen LogP) is 4.56. The lowest BCUT2D eigenvalue weighted by atomic mass is 9.88. The summed E-state index contributed by atoms with van der Waals surface area (Å²) in [7, 11) is 0. The molecule has 2 aromatic rings. The summed E-state index contributed by atoms with van der Waals surface area (Å²) in [6.07, 6.45) is 12.3. The molecule has 1 amide bonds. The summed E-state index contributed by atoms with van der Waals surface area (Å²) in [4.78, 5) is 15.6. The van der Waals surface area contributed by atoms with E-state index in [0.717, 1.165) is 36.9 Å². The van der Waals surface area contributed by atoms with Crippen LogP contribution < -0.4 is 0 Å². The van der Waals surface area contributed by atoms with Crippen LogP contribution in [0.4, 0.5) is 0 Å². The van der Waals surface area contributed by atoms with Crippen molar-refractivity contribution in [3.8, 4) is 5.69 Å². The number of carbonyl (C=O) groups is 1. The first-order valence-corrected chi connectivity index (χ1v) is 12.0. The summed E-state index contributed by atoms with van der Waals surface area (Å²) in [6.45, 7) is 2.05. The van der Waals surface area contributed by atoms with Crippen molar-refractivity contribution in [2.45, 2.75) is 88.4 Å². The van der Waals surface area contributed by atoms with Gasteiger partial charge in [0.15, 0.2) is 0 Å². The Bertz CT molecular complexity index is 793. The molecule has 0 atom stereocenters. The first-order valence-electron chi connectivity index (χ1n) is 11.0. The molecule has 0 bridgehead atoms. The zero-order chi connectivity index (χ0) is 20.1. The maximum atomic E-state index is 13.4. The zero-order valence-electron chi connectivity index (χ0n) is 17.3. The minimum Gasteiger partial charge on any atom is -0.336 e. The van der Waals surface area contributed by atoms with Crippen molar-refractivity contribution in [3.05, 3.63) is 29.8 Å². The summed E-state index contributed by atoms with van der Waals surface area (Å²) in [6, 6.07) is 8.95. The van der Waals surface area contributed by atoms with Gasteiger partial charge in [0.25, 0.3) is 0 Å². The van der Waals surface area contributed by atoms with Gasteiger partial charge in [0, 0.05) is 12.1 Å². The SMILES string of the molecule is Cc1cccc(-n2nnnc2SCC(=O)N(C2CCCCC2)C2CCCCC2)c1. The van der Waals surface area contributed by atoms with E-state index in [0.29, 0.717) is 23.0 Å². The second-order valence-electron chi connectivity index (χ2n) is 8.39. The van der Waals surface area contributed by atoms with Crippen LogP contribution in [0.2, 0.25) is 0 Å². The van der Waals surface area contributed by atoms with Gasteiger partial charge in [-0.05, 0) is 60.7 Å². The van der Waals surface area contributed by atoms with Crippen LogP contribution in [0.1, 0.15) is 69.8 Å². The Morgan fingerprint density at radius 1 is 1.07 bits per heavy atom. The highest BCUT2D eigenvalue weighted by Crippen LogP contribution is 2.31. The Morgan fingerprint density at radius 3 is 2.34 bits per heavy atom. The molecule has 156 valence electrons. The van der Waals surface area contributed by atoms with Gasteiger partial charge in [-0.25, -0.2) is 0 Å². The van der Waals surface area contributed by atoms with Crippen molar-refractivity contribution in [1.82, 2.24) is 25.1 Å². The molecule has 0 N–H and O–H groups in total. The molecule has 1 aromatic heterocycles. The largest absolute Gasteiger partial charge is 0.336 e. The smallest absolute Gasteiger partial charge is 0.233 e. The highest BCUT2D eigenvalue weighted by molar-refractivity contribution is 7.99. The van der Waals surface area contributed by atoms with Crippen molar-refractivity contribution in [2.75, 3.05) is 5.75 Å². The second kappa shape index (κ2) is 9.74. The summed E-state index contributed by atoms with van der Waals surface area (Å²) < 4.78 is 1.73. The fourth-order valence-electron chi connectivity index (χ4n) is 4.82. The summed E-state index contributed by atoms with van der Waals surface area (Å²) >= 11 is 1.45. The van der Waals surface area contributed by atoms with Gasteiger partial charge in [-0.3, -0.25) is 4.79 Å². The van der Waals surface area contributed by atoms with Gasteiger partial charge in [-0.1, -0.05) is 62.4 Å². The van der Waals surface area contributed by atoms with Crippen molar-refractivity contribution in [1.29, 1.82) is 0 Å². The highest BCUT2D eigenvalue weighted by Gasteiger charge is 2.32. The van der Waals surface area contributed by atoms with E-state index in [4.69, 9.17) is 0 Å². The molecule has 7 heteroatoms. The number of benzene rings is 1. The zero-order valence-corrected chi connectivity index (χ0v) is 18.1. The Morgan fingerprint density at radius 2 is 1.72 bits per heavy atom. The van der Waals surface area contributed by atoms with Crippen LogP contribution >= 0.6 is 11.8 Å². The molecule has 2 aliphatic rings. The van der Waals surface area contributed by atoms with Crippen LogP contribution in [-0.4, -0.2) is 48.9 Å². The molecule has 2 fully saturated rings. The lowest BCUT2D eigenvalue weighted by molar-refractivity contribution is -0.135. The van der Waals surface area contributed by atoms with Gasteiger partial charge in [0.1, 0.15) is 0 Å². The molecule has 2 aliphatic carbocycles. The fraction of sp³-hybridized carbons (Fsp3) is 0.636. The molecular weight excluding hydrogens is 382 g/mol. The van der Waals surface area contributed by atoms with Gasteiger partial charge >= 0.3 is 0 Å². The Labute approximate surface area is 177 Å². The second-order valence-corrected chi connectivity index (χ2v) is 9.33. The molecule has 4 rings (SSSR count). The van der Waals surface area contributed by atoms with Crippen molar-refractivity contribution in [2.24, 2.45) is 0 Å². The van der Waals surface area contributed by atoms with Crippen molar-refractivity contribution in [3.63, 3.8) is 0 Å². The molecule has 0 saturated heterocycles. The third-order valence-corrected chi connectivity index (χ3v) is 7.14. The third kappa shape index (κ3) is 5.00. The van der Waals surface area contributed by atoms with Gasteiger partial charge < -0.3 is 4.90 Å². The normalized spacial score (nSPS) is 18.7. The monoisotopic (exact) mass is 413 g/mol. The van der Waals surface area contributed by atoms with E-state index >= 15 is 0 Å². The summed E-state index contributed by atoms with van der Waals surface area (Å²) in [5.41, 5.74) is 2.09. The third-order valence-electron chi connectivity index (χ3n) is 6.24. The van der Waals surface area contributed by atoms with E-state index < -0.39 is 0 Å². The van der Waals surface area contributed by atoms with Gasteiger partial charge in [-0.15, -0.1) is 5.10 Å². The van der Waals surface area contributed by atoms with E-state index in [1.807, 2.05) is 12.1 Å². The summed E-state index contributed by atoms with van der Waals surface area (Å²) in [5, 5.41) is 12.8. The number of hydrogen-bond acceptors (Lipinski definition) is 5. The maximum Gasteiger partial charge on any atom is 0.233 e. The van der Waals surface area contributed by atoms with Crippen LogP contribution in [0.3, 0.4) is 0 Å². The van der Waals surface area contributed by atoms with E-state index in [1.165, 1.54) is 50.3 Å². The minimum absolute atomic E-state index is 0.257. The van der Waals surface area contributed by atoms with Gasteiger partial charge in [-0.2, -0.15) is 4.68 Å². The highest BCUT2D eigenvalue weighted by atomic mass is 32.2. The first-order chi connectivity index (χ1) is 14.2. The van der Waals surface area contributed by atoms with E-state index in [9.17, 15) is 4.79 Å². The van der Waals surface area contributed by atoms with Crippen molar-refractivity contribution < 1.29 is 4.79 Å². The number of hydrogen-bond donors (Lipinski definition) is 0. The molecule has 0 unspecified atom stereocenters. The topological polar surface area (TPSA) is 63.9 Å². The van der Waals surface area contributed by atoms with Crippen molar-refractivity contribution >= 4 is 17.7 Å². The lowest BCUT2D eigenvalue weighted by Gasteiger charge is -2.41. The summed E-state index contributed by atoms with van der Waals surface area (Å²) in [5.74, 6) is 0.659. The van der Waals surface area contributed by atoms with Crippen LogP contribution in [0, 0.1) is 6.92 Å². The molecular formula is C22H31N5OS. The average Bonchev–Trinajstić information content (AvgIpc) is 3.23. The number of rotatable bonds is 6. The number of aryl methyl sites for hydroxylation is 1. The van der Waals surface area contributed by atoms with E-state index in [-0.39, 0.29) is 5.91 Å². The van der Waals surface area contributed by atoms with Crippen LogP contribution in [-0.2, 0) is 4.79 Å². The number of aromatic nitrogens is 4. The molecule has 1 heterocycles. The Kier molecular flexibility index (Phi) is 6.85. The molecule has 0 spiro atoms. The Hall–Kier alpha value is -1.89.